The summed E-state index contributed by atoms with van der Waals surface area (Å²) in [4.78, 5) is 19.4. The molecule has 0 aliphatic carbocycles. The fraction of sp³-hybridized carbons (Fsp3) is 0.929. The molecule has 0 spiro atoms. The Morgan fingerprint density at radius 2 is 1.84 bits per heavy atom. The lowest BCUT2D eigenvalue weighted by molar-refractivity contribution is -0.142. The Hall–Kier alpha value is -0.650. The highest BCUT2D eigenvalue weighted by Crippen LogP contribution is 2.22. The van der Waals surface area contributed by atoms with Crippen molar-refractivity contribution in [1.29, 1.82) is 0 Å². The number of rotatable bonds is 3. The first-order valence-corrected chi connectivity index (χ1v) is 7.34. The van der Waals surface area contributed by atoms with Gasteiger partial charge in [0.05, 0.1) is 5.54 Å². The minimum absolute atomic E-state index is 0.291. The second kappa shape index (κ2) is 5.77. The quantitative estimate of drug-likeness (QED) is 0.771. The van der Waals surface area contributed by atoms with E-state index >= 15 is 0 Å². The third kappa shape index (κ3) is 3.09. The van der Waals surface area contributed by atoms with E-state index in [0.717, 1.165) is 45.7 Å². The summed E-state index contributed by atoms with van der Waals surface area (Å²) in [6.07, 6.45) is 1.09. The Morgan fingerprint density at radius 1 is 1.21 bits per heavy atom. The van der Waals surface area contributed by atoms with Gasteiger partial charge in [-0.2, -0.15) is 0 Å². The fourth-order valence-corrected chi connectivity index (χ4v) is 3.09. The summed E-state index contributed by atoms with van der Waals surface area (Å²) >= 11 is 0. The molecule has 2 rings (SSSR count). The van der Waals surface area contributed by atoms with E-state index in [-0.39, 0.29) is 5.54 Å². The molecule has 1 amide bonds. The second-order valence-electron chi connectivity index (χ2n) is 6.45. The number of likely N-dealkylation sites (N-methyl/N-ethyl adjacent to an activating group) is 1. The Balaban J connectivity index is 1.98. The molecule has 0 aromatic carbocycles. The maximum atomic E-state index is 12.8. The largest absolute Gasteiger partial charge is 0.339 e. The molecule has 0 aromatic rings. The molecule has 5 heteroatoms. The molecule has 1 unspecified atom stereocenters. The van der Waals surface area contributed by atoms with E-state index in [9.17, 15) is 4.79 Å². The topological polar surface area (TPSA) is 38.8 Å². The molecular weight excluding hydrogens is 240 g/mol. The lowest BCUT2D eigenvalue weighted by Crippen LogP contribution is -2.60. The van der Waals surface area contributed by atoms with Crippen LogP contribution in [0.15, 0.2) is 0 Å². The van der Waals surface area contributed by atoms with E-state index in [2.05, 4.69) is 43.1 Å². The summed E-state index contributed by atoms with van der Waals surface area (Å²) < 4.78 is 0. The van der Waals surface area contributed by atoms with Crippen LogP contribution in [0.3, 0.4) is 0 Å². The first kappa shape index (κ1) is 14.8. The first-order valence-electron chi connectivity index (χ1n) is 7.34. The van der Waals surface area contributed by atoms with Crippen LogP contribution in [0.25, 0.3) is 0 Å². The molecule has 2 aliphatic heterocycles. The van der Waals surface area contributed by atoms with Gasteiger partial charge in [-0.3, -0.25) is 9.69 Å². The molecule has 2 heterocycles. The van der Waals surface area contributed by atoms with Crippen molar-refractivity contribution in [1.82, 2.24) is 20.0 Å². The number of nitrogens with zero attached hydrogens (tertiary/aromatic N) is 3. The van der Waals surface area contributed by atoms with Crippen LogP contribution in [0.1, 0.15) is 20.3 Å². The molecule has 1 N–H and O–H groups in total. The molecule has 0 bridgehead atoms. The molecule has 0 radical (unpaired) electrons. The summed E-state index contributed by atoms with van der Waals surface area (Å²) in [5.41, 5.74) is -0.372. The van der Waals surface area contributed by atoms with Crippen LogP contribution in [0, 0.1) is 0 Å². The van der Waals surface area contributed by atoms with Gasteiger partial charge in [0.1, 0.15) is 0 Å². The maximum Gasteiger partial charge on any atom is 0.242 e. The van der Waals surface area contributed by atoms with Crippen molar-refractivity contribution in [2.24, 2.45) is 0 Å². The van der Waals surface area contributed by atoms with Gasteiger partial charge in [0.15, 0.2) is 0 Å². The van der Waals surface area contributed by atoms with E-state index in [1.807, 2.05) is 4.90 Å². The molecule has 19 heavy (non-hydrogen) atoms. The number of amides is 1. The van der Waals surface area contributed by atoms with Crippen LogP contribution in [0.5, 0.6) is 0 Å². The smallest absolute Gasteiger partial charge is 0.242 e. The van der Waals surface area contributed by atoms with Crippen LogP contribution in [-0.4, -0.2) is 85.6 Å². The second-order valence-corrected chi connectivity index (χ2v) is 6.45. The van der Waals surface area contributed by atoms with Crippen molar-refractivity contribution in [3.05, 3.63) is 0 Å². The average molecular weight is 268 g/mol. The van der Waals surface area contributed by atoms with Gasteiger partial charge in [0.2, 0.25) is 5.91 Å². The van der Waals surface area contributed by atoms with Crippen molar-refractivity contribution >= 4 is 5.91 Å². The minimum Gasteiger partial charge on any atom is -0.339 e. The SMILES string of the molecule is CN(C)C1CCN(C(=O)C(C)(C)N2CCNCC2)C1. The Bertz CT molecular complexity index is 323. The summed E-state index contributed by atoms with van der Waals surface area (Å²) in [6, 6.07) is 0.516. The van der Waals surface area contributed by atoms with Crippen molar-refractivity contribution in [3.63, 3.8) is 0 Å². The number of carbonyl (C=O) groups excluding carboxylic acids is 1. The van der Waals surface area contributed by atoms with Gasteiger partial charge in [-0.1, -0.05) is 0 Å². The van der Waals surface area contributed by atoms with Gasteiger partial charge in [-0.25, -0.2) is 0 Å². The zero-order valence-electron chi connectivity index (χ0n) is 12.8. The van der Waals surface area contributed by atoms with Gasteiger partial charge < -0.3 is 15.1 Å². The van der Waals surface area contributed by atoms with E-state index in [0.29, 0.717) is 11.9 Å². The van der Waals surface area contributed by atoms with E-state index in [1.54, 1.807) is 0 Å². The van der Waals surface area contributed by atoms with Crippen LogP contribution in [0.4, 0.5) is 0 Å². The van der Waals surface area contributed by atoms with E-state index in [4.69, 9.17) is 0 Å². The molecule has 110 valence electrons. The van der Waals surface area contributed by atoms with Crippen molar-refractivity contribution < 1.29 is 4.79 Å². The highest BCUT2D eigenvalue weighted by atomic mass is 16.2. The molecular formula is C14H28N4O. The molecule has 2 aliphatic rings. The lowest BCUT2D eigenvalue weighted by atomic mass is 9.99. The number of likely N-dealkylation sites (tertiary alicyclic amines) is 1. The van der Waals surface area contributed by atoms with Gasteiger partial charge in [-0.05, 0) is 34.4 Å². The highest BCUT2D eigenvalue weighted by molar-refractivity contribution is 5.85. The minimum atomic E-state index is -0.372. The molecule has 1 atom stereocenters. The van der Waals surface area contributed by atoms with Crippen LogP contribution in [0.2, 0.25) is 0 Å². The number of piperazine rings is 1. The average Bonchev–Trinajstić information content (AvgIpc) is 2.88. The molecule has 0 saturated carbocycles. The molecule has 2 saturated heterocycles. The summed E-state index contributed by atoms with van der Waals surface area (Å²) in [5, 5.41) is 3.34. The Labute approximate surface area is 116 Å². The first-order chi connectivity index (χ1) is 8.93. The number of hydrogen-bond donors (Lipinski definition) is 1. The fourth-order valence-electron chi connectivity index (χ4n) is 3.09. The van der Waals surface area contributed by atoms with Gasteiger partial charge in [-0.15, -0.1) is 0 Å². The molecule has 2 fully saturated rings. The van der Waals surface area contributed by atoms with Gasteiger partial charge >= 0.3 is 0 Å². The predicted molar refractivity (Wildman–Crippen MR) is 77.2 cm³/mol. The van der Waals surface area contributed by atoms with E-state index < -0.39 is 0 Å². The van der Waals surface area contributed by atoms with Crippen LogP contribution >= 0.6 is 0 Å². The monoisotopic (exact) mass is 268 g/mol. The predicted octanol–water partition coefficient (Wildman–Crippen LogP) is -0.167. The Kier molecular flexibility index (Phi) is 4.48. The highest BCUT2D eigenvalue weighted by Gasteiger charge is 2.40. The lowest BCUT2D eigenvalue weighted by Gasteiger charge is -2.41. The standard InChI is InChI=1S/C14H28N4O/c1-14(2,18-9-6-15-7-10-18)13(19)17-8-5-12(11-17)16(3)4/h12,15H,5-11H2,1-4H3. The van der Waals surface area contributed by atoms with Crippen molar-refractivity contribution in [3.8, 4) is 0 Å². The van der Waals surface area contributed by atoms with Crippen molar-refractivity contribution in [2.75, 3.05) is 53.4 Å². The van der Waals surface area contributed by atoms with Crippen LogP contribution < -0.4 is 5.32 Å². The summed E-state index contributed by atoms with van der Waals surface area (Å²) in [6.45, 7) is 9.81. The number of nitrogens with one attached hydrogen (secondary N) is 1. The van der Waals surface area contributed by atoms with Crippen LogP contribution in [-0.2, 0) is 4.79 Å². The zero-order chi connectivity index (χ0) is 14.0. The summed E-state index contributed by atoms with van der Waals surface area (Å²) in [5.74, 6) is 0.291. The van der Waals surface area contributed by atoms with Crippen molar-refractivity contribution in [2.45, 2.75) is 31.8 Å². The normalized spacial score (nSPS) is 26.2. The molecule has 5 nitrogen and oxygen atoms in total. The third-order valence-electron chi connectivity index (χ3n) is 4.61. The zero-order valence-corrected chi connectivity index (χ0v) is 12.8. The Morgan fingerprint density at radius 3 is 2.37 bits per heavy atom. The number of hydrogen-bond acceptors (Lipinski definition) is 4. The van der Waals surface area contributed by atoms with Gasteiger partial charge in [0.25, 0.3) is 0 Å². The van der Waals surface area contributed by atoms with Gasteiger partial charge in [0, 0.05) is 45.3 Å². The maximum absolute atomic E-state index is 12.8. The summed E-state index contributed by atoms with van der Waals surface area (Å²) in [7, 11) is 4.19. The van der Waals surface area contributed by atoms with E-state index in [1.165, 1.54) is 0 Å². The number of carbonyl (C=O) groups is 1. The third-order valence-corrected chi connectivity index (χ3v) is 4.61. The molecule has 0 aromatic heterocycles.